The summed E-state index contributed by atoms with van der Waals surface area (Å²) in [6.45, 7) is 5.55. The van der Waals surface area contributed by atoms with Crippen LogP contribution in [-0.4, -0.2) is 69.5 Å². The molecule has 10 nitrogen and oxygen atoms in total. The van der Waals surface area contributed by atoms with Crippen molar-refractivity contribution in [3.8, 4) is 0 Å². The molecule has 3 aromatic carbocycles. The summed E-state index contributed by atoms with van der Waals surface area (Å²) in [5, 5.41) is 17.3. The average Bonchev–Trinajstić information content (AvgIpc) is 2.91. The Labute approximate surface area is 264 Å². The molecule has 0 saturated carbocycles. The van der Waals surface area contributed by atoms with Crippen LogP contribution in [0.15, 0.2) is 83.8 Å². The van der Waals surface area contributed by atoms with E-state index < -0.39 is 55.2 Å². The van der Waals surface area contributed by atoms with E-state index in [-0.39, 0.29) is 23.6 Å². The molecule has 3 rings (SSSR count). The Kier molecular flexibility index (Phi) is 11.7. The van der Waals surface area contributed by atoms with Crippen LogP contribution >= 0.6 is 11.6 Å². The molecular weight excluding hydrogens is 626 g/mol. The third-order valence-corrected chi connectivity index (χ3v) is 9.23. The zero-order valence-electron chi connectivity index (χ0n) is 25.0. The molecule has 4 N–H and O–H groups in total. The first kappa shape index (κ1) is 35.2. The number of aliphatic hydroxyl groups excluding tert-OH is 1. The van der Waals surface area contributed by atoms with Crippen molar-refractivity contribution in [3.05, 3.63) is 101 Å². The zero-order chi connectivity index (χ0) is 32.7. The number of hydrogen-bond acceptors (Lipinski definition) is 7. The third-order valence-electron chi connectivity index (χ3n) is 6.50. The number of aliphatic hydroxyl groups is 1. The lowest BCUT2D eigenvalue weighted by Crippen LogP contribution is -2.55. The Balaban J connectivity index is 1.92. The van der Waals surface area contributed by atoms with E-state index in [1.54, 1.807) is 48.5 Å². The van der Waals surface area contributed by atoms with Gasteiger partial charge in [-0.2, -0.15) is 0 Å². The summed E-state index contributed by atoms with van der Waals surface area (Å²) in [5.74, 6) is -2.14. The van der Waals surface area contributed by atoms with Gasteiger partial charge in [0.1, 0.15) is 6.04 Å². The highest BCUT2D eigenvalue weighted by molar-refractivity contribution is 7.91. The van der Waals surface area contributed by atoms with E-state index in [1.165, 1.54) is 24.3 Å². The van der Waals surface area contributed by atoms with Crippen LogP contribution in [0.25, 0.3) is 0 Å². The second kappa shape index (κ2) is 14.7. The van der Waals surface area contributed by atoms with Crippen molar-refractivity contribution >= 4 is 43.3 Å². The van der Waals surface area contributed by atoms with E-state index in [2.05, 4.69) is 15.4 Å². The predicted molar refractivity (Wildman–Crippen MR) is 171 cm³/mol. The summed E-state index contributed by atoms with van der Waals surface area (Å²) < 4.78 is 52.8. The van der Waals surface area contributed by atoms with Gasteiger partial charge in [0, 0.05) is 22.5 Å². The fourth-order valence-corrected chi connectivity index (χ4v) is 6.86. The molecule has 0 spiro atoms. The van der Waals surface area contributed by atoms with Gasteiger partial charge < -0.3 is 15.7 Å². The average molecular weight is 664 g/mol. The minimum absolute atomic E-state index is 0.0290. The lowest BCUT2D eigenvalue weighted by Gasteiger charge is -2.28. The summed E-state index contributed by atoms with van der Waals surface area (Å²) in [7, 11) is -8.17. The van der Waals surface area contributed by atoms with Gasteiger partial charge in [-0.25, -0.2) is 21.6 Å². The highest BCUT2D eigenvalue weighted by Gasteiger charge is 2.33. The standard InChI is InChI=1S/C31H38ClN3O7S2/c1-31(2,3)34-29(37)25-13-9-8-12-22(25)19-28(36)26(18-21-10-6-5-7-11-21)33-30(38)27(35-43(4,39)40)20-44(41,42)24-16-14-23(32)15-17-24/h5-17,26-28,35-36H,18-20H2,1-4H3,(H,33,38)(H,34,37)/t26-,27+,28+/m0/s1. The molecule has 0 aliphatic rings. The lowest BCUT2D eigenvalue weighted by molar-refractivity contribution is -0.123. The van der Waals surface area contributed by atoms with Gasteiger partial charge in [0.05, 0.1) is 29.0 Å². The molecule has 0 heterocycles. The van der Waals surface area contributed by atoms with Gasteiger partial charge in [-0.05, 0) is 68.7 Å². The summed E-state index contributed by atoms with van der Waals surface area (Å²) in [5.41, 5.74) is 1.15. The first-order valence-electron chi connectivity index (χ1n) is 13.8. The van der Waals surface area contributed by atoms with Crippen LogP contribution in [0.1, 0.15) is 42.3 Å². The van der Waals surface area contributed by atoms with E-state index in [1.807, 2.05) is 26.8 Å². The second-order valence-corrected chi connectivity index (χ2v) is 15.9. The minimum atomic E-state index is -4.14. The number of benzene rings is 3. The molecule has 0 fully saturated rings. The molecule has 2 amide bonds. The van der Waals surface area contributed by atoms with Gasteiger partial charge in [0.2, 0.25) is 15.9 Å². The van der Waals surface area contributed by atoms with E-state index >= 15 is 0 Å². The van der Waals surface area contributed by atoms with E-state index in [4.69, 9.17) is 11.6 Å². The summed E-state index contributed by atoms with van der Waals surface area (Å²) >= 11 is 5.88. The van der Waals surface area contributed by atoms with Crippen molar-refractivity contribution in [1.29, 1.82) is 0 Å². The smallest absolute Gasteiger partial charge is 0.251 e. The van der Waals surface area contributed by atoms with Crippen molar-refractivity contribution in [1.82, 2.24) is 15.4 Å². The van der Waals surface area contributed by atoms with Crippen LogP contribution in [0.4, 0.5) is 0 Å². The monoisotopic (exact) mass is 663 g/mol. The normalized spacial score (nSPS) is 14.3. The largest absolute Gasteiger partial charge is 0.391 e. The maximum atomic E-state index is 13.6. The molecule has 44 heavy (non-hydrogen) atoms. The van der Waals surface area contributed by atoms with Crippen LogP contribution in [0.3, 0.4) is 0 Å². The zero-order valence-corrected chi connectivity index (χ0v) is 27.3. The Morgan fingerprint density at radius 1 is 0.864 bits per heavy atom. The van der Waals surface area contributed by atoms with Crippen molar-refractivity contribution in [2.45, 2.75) is 62.2 Å². The van der Waals surface area contributed by atoms with E-state index in [9.17, 15) is 31.5 Å². The topological polar surface area (TPSA) is 159 Å². The third kappa shape index (κ3) is 11.0. The van der Waals surface area contributed by atoms with Crippen molar-refractivity contribution in [3.63, 3.8) is 0 Å². The highest BCUT2D eigenvalue weighted by Crippen LogP contribution is 2.19. The first-order valence-corrected chi connectivity index (χ1v) is 17.7. The molecule has 0 unspecified atom stereocenters. The van der Waals surface area contributed by atoms with Gasteiger partial charge in [-0.3, -0.25) is 9.59 Å². The molecular formula is C31H38ClN3O7S2. The van der Waals surface area contributed by atoms with Gasteiger partial charge in [0.25, 0.3) is 5.91 Å². The van der Waals surface area contributed by atoms with E-state index in [0.29, 0.717) is 16.1 Å². The molecule has 0 aliphatic heterocycles. The summed E-state index contributed by atoms with van der Waals surface area (Å²) in [6, 6.07) is 18.4. The van der Waals surface area contributed by atoms with Crippen LogP contribution in [0.2, 0.25) is 5.02 Å². The number of carbonyl (C=O) groups is 2. The maximum Gasteiger partial charge on any atom is 0.251 e. The second-order valence-electron chi connectivity index (χ2n) is 11.6. The van der Waals surface area contributed by atoms with Crippen molar-refractivity contribution in [2.24, 2.45) is 0 Å². The van der Waals surface area contributed by atoms with E-state index in [0.717, 1.165) is 11.8 Å². The lowest BCUT2D eigenvalue weighted by atomic mass is 9.93. The SMILES string of the molecule is CC(C)(C)NC(=O)c1ccccc1C[C@@H](O)[C@H](Cc1ccccc1)NC(=O)[C@@H](CS(=O)(=O)c1ccc(Cl)cc1)NS(C)(=O)=O. The molecule has 0 saturated heterocycles. The van der Waals surface area contributed by atoms with Crippen molar-refractivity contribution in [2.75, 3.05) is 12.0 Å². The number of rotatable bonds is 13. The quantitative estimate of drug-likeness (QED) is 0.219. The molecule has 3 aromatic rings. The Bertz CT molecular complexity index is 1660. The molecule has 3 atom stereocenters. The predicted octanol–water partition coefficient (Wildman–Crippen LogP) is 2.89. The molecule has 0 bridgehead atoms. The number of sulfonamides is 1. The first-order chi connectivity index (χ1) is 20.4. The van der Waals surface area contributed by atoms with Gasteiger partial charge in [-0.15, -0.1) is 0 Å². The minimum Gasteiger partial charge on any atom is -0.391 e. The Morgan fingerprint density at radius 3 is 2.05 bits per heavy atom. The van der Waals surface area contributed by atoms with Crippen LogP contribution < -0.4 is 15.4 Å². The Hall–Kier alpha value is -3.29. The number of carbonyl (C=O) groups excluding carboxylic acids is 2. The summed E-state index contributed by atoms with van der Waals surface area (Å²) in [4.78, 5) is 26.4. The number of amides is 2. The van der Waals surface area contributed by atoms with Gasteiger partial charge in [-0.1, -0.05) is 60.1 Å². The summed E-state index contributed by atoms with van der Waals surface area (Å²) in [6.07, 6.45) is -0.314. The number of nitrogens with one attached hydrogen (secondary N) is 3. The van der Waals surface area contributed by atoms with Crippen molar-refractivity contribution < 1.29 is 31.5 Å². The Morgan fingerprint density at radius 2 is 1.45 bits per heavy atom. The fraction of sp³-hybridized carbons (Fsp3) is 0.355. The number of hydrogen-bond donors (Lipinski definition) is 4. The highest BCUT2D eigenvalue weighted by atomic mass is 35.5. The molecule has 0 radical (unpaired) electrons. The van der Waals surface area contributed by atoms with Crippen LogP contribution in [0.5, 0.6) is 0 Å². The number of halogens is 1. The molecule has 238 valence electrons. The molecule has 13 heteroatoms. The van der Waals surface area contributed by atoms with Crippen LogP contribution in [0, 0.1) is 0 Å². The van der Waals surface area contributed by atoms with Gasteiger partial charge in [0.15, 0.2) is 9.84 Å². The number of sulfone groups is 1. The molecule has 0 aromatic heterocycles. The molecule has 0 aliphatic carbocycles. The van der Waals surface area contributed by atoms with Gasteiger partial charge >= 0.3 is 0 Å². The van der Waals surface area contributed by atoms with Crippen LogP contribution in [-0.2, 0) is 37.5 Å². The maximum absolute atomic E-state index is 13.6. The fourth-order valence-electron chi connectivity index (χ4n) is 4.51.